The van der Waals surface area contributed by atoms with Crippen molar-refractivity contribution in [2.45, 2.75) is 0 Å². The van der Waals surface area contributed by atoms with Crippen LogP contribution in [0.15, 0.2) is 30.3 Å². The van der Waals surface area contributed by atoms with Gasteiger partial charge >= 0.3 is 0 Å². The summed E-state index contributed by atoms with van der Waals surface area (Å²) in [6.45, 7) is 0. The normalized spacial score (nSPS) is 11.4. The zero-order valence-corrected chi connectivity index (χ0v) is 11.8. The Kier molecular flexibility index (Phi) is 3.62. The first-order valence-electron chi connectivity index (χ1n) is 6.11. The standard InChI is InChI=1S/C15H10F2N2OS/c1-20-10-5-2-9(3-6-10)4-7-11-14(17)12(16)8-13-15(11)19-21-18-13/h2-8H,1H3/b7-4+. The van der Waals surface area contributed by atoms with Crippen LogP contribution in [0.3, 0.4) is 0 Å². The highest BCUT2D eigenvalue weighted by Crippen LogP contribution is 2.25. The second-order valence-corrected chi connectivity index (χ2v) is 4.85. The van der Waals surface area contributed by atoms with E-state index in [1.165, 1.54) is 6.08 Å². The van der Waals surface area contributed by atoms with Crippen molar-refractivity contribution in [3.63, 3.8) is 0 Å². The number of ether oxygens (including phenoxy) is 1. The maximum absolute atomic E-state index is 13.9. The quantitative estimate of drug-likeness (QED) is 0.682. The van der Waals surface area contributed by atoms with Crippen molar-refractivity contribution in [2.75, 3.05) is 7.11 Å². The van der Waals surface area contributed by atoms with Crippen LogP contribution in [0.25, 0.3) is 23.2 Å². The van der Waals surface area contributed by atoms with Crippen LogP contribution in [0.4, 0.5) is 8.78 Å². The molecule has 0 atom stereocenters. The van der Waals surface area contributed by atoms with E-state index >= 15 is 0 Å². The van der Waals surface area contributed by atoms with Crippen molar-refractivity contribution < 1.29 is 13.5 Å². The van der Waals surface area contributed by atoms with Crippen LogP contribution in [0.5, 0.6) is 5.75 Å². The summed E-state index contributed by atoms with van der Waals surface area (Å²) >= 11 is 0.927. The summed E-state index contributed by atoms with van der Waals surface area (Å²) < 4.78 is 40.5. The van der Waals surface area contributed by atoms with Crippen molar-refractivity contribution in [3.8, 4) is 5.75 Å². The van der Waals surface area contributed by atoms with Gasteiger partial charge in [0.2, 0.25) is 0 Å². The van der Waals surface area contributed by atoms with E-state index < -0.39 is 11.6 Å². The number of aromatic nitrogens is 2. The molecule has 106 valence electrons. The van der Waals surface area contributed by atoms with Gasteiger partial charge in [0, 0.05) is 11.6 Å². The number of fused-ring (bicyclic) bond motifs is 1. The molecule has 0 saturated carbocycles. The van der Waals surface area contributed by atoms with Crippen LogP contribution < -0.4 is 4.74 Å². The Labute approximate surface area is 123 Å². The molecule has 0 spiro atoms. The first-order chi connectivity index (χ1) is 10.2. The second kappa shape index (κ2) is 5.57. The third-order valence-corrected chi connectivity index (χ3v) is 3.58. The fraction of sp³-hybridized carbons (Fsp3) is 0.0667. The molecule has 3 aromatic rings. The number of benzene rings is 2. The highest BCUT2D eigenvalue weighted by molar-refractivity contribution is 7.00. The highest BCUT2D eigenvalue weighted by Gasteiger charge is 2.14. The Bertz CT molecular complexity index is 812. The molecule has 0 aliphatic carbocycles. The van der Waals surface area contributed by atoms with Crippen LogP contribution in [0, 0.1) is 11.6 Å². The lowest BCUT2D eigenvalue weighted by molar-refractivity contribution is 0.415. The van der Waals surface area contributed by atoms with E-state index in [1.54, 1.807) is 25.3 Å². The predicted octanol–water partition coefficient (Wildman–Crippen LogP) is 4.15. The van der Waals surface area contributed by atoms with Gasteiger partial charge in [-0.25, -0.2) is 8.78 Å². The zero-order chi connectivity index (χ0) is 14.8. The van der Waals surface area contributed by atoms with Crippen molar-refractivity contribution in [3.05, 3.63) is 53.1 Å². The summed E-state index contributed by atoms with van der Waals surface area (Å²) in [5.74, 6) is -1.11. The van der Waals surface area contributed by atoms with Gasteiger partial charge in [-0.1, -0.05) is 18.2 Å². The minimum Gasteiger partial charge on any atom is -0.497 e. The van der Waals surface area contributed by atoms with E-state index in [4.69, 9.17) is 4.74 Å². The molecule has 1 heterocycles. The Hall–Kier alpha value is -2.34. The SMILES string of the molecule is COc1ccc(/C=C/c2c(F)c(F)cc3nsnc23)cc1. The van der Waals surface area contributed by atoms with Crippen molar-refractivity contribution in [2.24, 2.45) is 0 Å². The third kappa shape index (κ3) is 2.62. The molecule has 2 aromatic carbocycles. The zero-order valence-electron chi connectivity index (χ0n) is 11.0. The van der Waals surface area contributed by atoms with E-state index in [2.05, 4.69) is 8.75 Å². The van der Waals surface area contributed by atoms with Crippen LogP contribution in [-0.4, -0.2) is 15.9 Å². The summed E-state index contributed by atoms with van der Waals surface area (Å²) in [6, 6.07) is 8.29. The van der Waals surface area contributed by atoms with Gasteiger partial charge in [0.15, 0.2) is 11.6 Å². The molecule has 0 aliphatic heterocycles. The lowest BCUT2D eigenvalue weighted by atomic mass is 10.1. The number of hydrogen-bond acceptors (Lipinski definition) is 4. The van der Waals surface area contributed by atoms with Gasteiger partial charge in [0.1, 0.15) is 16.8 Å². The smallest absolute Gasteiger partial charge is 0.168 e. The molecule has 0 radical (unpaired) electrons. The molecule has 0 bridgehead atoms. The Morgan fingerprint density at radius 1 is 1.10 bits per heavy atom. The average molecular weight is 304 g/mol. The summed E-state index contributed by atoms with van der Waals surface area (Å²) in [6.07, 6.45) is 3.19. The van der Waals surface area contributed by atoms with Crippen molar-refractivity contribution in [1.29, 1.82) is 0 Å². The number of halogens is 2. The first-order valence-corrected chi connectivity index (χ1v) is 6.84. The molecule has 0 unspecified atom stereocenters. The van der Waals surface area contributed by atoms with Crippen molar-refractivity contribution >= 4 is 34.9 Å². The van der Waals surface area contributed by atoms with E-state index in [0.717, 1.165) is 29.1 Å². The minimum absolute atomic E-state index is 0.106. The van der Waals surface area contributed by atoms with Gasteiger partial charge in [-0.3, -0.25) is 0 Å². The summed E-state index contributed by atoms with van der Waals surface area (Å²) in [4.78, 5) is 0. The number of rotatable bonds is 3. The maximum atomic E-state index is 13.9. The molecule has 21 heavy (non-hydrogen) atoms. The van der Waals surface area contributed by atoms with Gasteiger partial charge in [0.05, 0.1) is 18.8 Å². The molecule has 1 aromatic heterocycles. The molecule has 3 rings (SSSR count). The Balaban J connectivity index is 2.02. The van der Waals surface area contributed by atoms with E-state index in [0.29, 0.717) is 11.0 Å². The maximum Gasteiger partial charge on any atom is 0.168 e. The largest absolute Gasteiger partial charge is 0.497 e. The molecule has 0 aliphatic rings. The summed E-state index contributed by atoms with van der Waals surface area (Å²) in [5.41, 5.74) is 1.67. The topological polar surface area (TPSA) is 35.0 Å². The van der Waals surface area contributed by atoms with Crippen LogP contribution in [-0.2, 0) is 0 Å². The first kappa shape index (κ1) is 13.6. The lowest BCUT2D eigenvalue weighted by Crippen LogP contribution is -1.91. The van der Waals surface area contributed by atoms with Gasteiger partial charge in [-0.05, 0) is 23.8 Å². The fourth-order valence-corrected chi connectivity index (χ4v) is 2.48. The van der Waals surface area contributed by atoms with Crippen molar-refractivity contribution in [1.82, 2.24) is 8.75 Å². The second-order valence-electron chi connectivity index (χ2n) is 4.32. The van der Waals surface area contributed by atoms with Gasteiger partial charge in [-0.2, -0.15) is 8.75 Å². The van der Waals surface area contributed by atoms with Crippen LogP contribution in [0.1, 0.15) is 11.1 Å². The Morgan fingerprint density at radius 2 is 1.86 bits per heavy atom. The van der Waals surface area contributed by atoms with Gasteiger partial charge in [0.25, 0.3) is 0 Å². The lowest BCUT2D eigenvalue weighted by Gasteiger charge is -2.01. The number of methoxy groups -OCH3 is 1. The van der Waals surface area contributed by atoms with E-state index in [-0.39, 0.29) is 5.56 Å². The van der Waals surface area contributed by atoms with Crippen LogP contribution >= 0.6 is 11.7 Å². The fourth-order valence-electron chi connectivity index (χ4n) is 1.94. The highest BCUT2D eigenvalue weighted by atomic mass is 32.1. The molecular weight excluding hydrogens is 294 g/mol. The van der Waals surface area contributed by atoms with E-state index in [1.807, 2.05) is 12.1 Å². The van der Waals surface area contributed by atoms with Crippen LogP contribution in [0.2, 0.25) is 0 Å². The molecular formula is C15H10F2N2OS. The molecule has 3 nitrogen and oxygen atoms in total. The molecule has 6 heteroatoms. The van der Waals surface area contributed by atoms with Gasteiger partial charge < -0.3 is 4.74 Å². The predicted molar refractivity (Wildman–Crippen MR) is 79.3 cm³/mol. The molecule has 0 amide bonds. The summed E-state index contributed by atoms with van der Waals surface area (Å²) in [7, 11) is 1.58. The molecule has 0 saturated heterocycles. The minimum atomic E-state index is -0.926. The third-order valence-electron chi connectivity index (χ3n) is 3.04. The molecule has 0 fully saturated rings. The monoisotopic (exact) mass is 304 g/mol. The van der Waals surface area contributed by atoms with E-state index in [9.17, 15) is 8.78 Å². The number of nitrogens with zero attached hydrogens (tertiary/aromatic N) is 2. The molecule has 0 N–H and O–H groups in total. The number of hydrogen-bond donors (Lipinski definition) is 0. The van der Waals surface area contributed by atoms with Gasteiger partial charge in [-0.15, -0.1) is 0 Å². The Morgan fingerprint density at radius 3 is 2.57 bits per heavy atom. The summed E-state index contributed by atoms with van der Waals surface area (Å²) in [5, 5.41) is 0. The average Bonchev–Trinajstić information content (AvgIpc) is 2.96.